The molecule has 23 heavy (non-hydrogen) atoms. The molecule has 0 saturated carbocycles. The molecule has 6 nitrogen and oxygen atoms in total. The molecule has 0 bridgehead atoms. The third-order valence-corrected chi connectivity index (χ3v) is 4.43. The zero-order chi connectivity index (χ0) is 16.8. The van der Waals surface area contributed by atoms with Crippen molar-refractivity contribution >= 4 is 23.1 Å². The maximum absolute atomic E-state index is 12.0. The molecule has 7 heteroatoms. The van der Waals surface area contributed by atoms with Crippen LogP contribution in [0.25, 0.3) is 0 Å². The molecule has 3 N–H and O–H groups in total. The Hall–Kier alpha value is -2.25. The molecule has 2 rings (SSSR count). The van der Waals surface area contributed by atoms with E-state index < -0.39 is 12.1 Å². The average molecular weight is 336 g/mol. The van der Waals surface area contributed by atoms with E-state index in [4.69, 9.17) is 9.47 Å². The minimum Gasteiger partial charge on any atom is -0.493 e. The van der Waals surface area contributed by atoms with Crippen molar-refractivity contribution in [3.8, 4) is 11.5 Å². The van der Waals surface area contributed by atoms with Gasteiger partial charge >= 0.3 is 6.03 Å². The number of anilines is 1. The number of aliphatic hydroxyl groups is 1. The highest BCUT2D eigenvalue weighted by molar-refractivity contribution is 7.10. The summed E-state index contributed by atoms with van der Waals surface area (Å²) in [5, 5.41) is 17.4. The molecule has 0 aliphatic carbocycles. The van der Waals surface area contributed by atoms with Crippen molar-refractivity contribution in [3.05, 3.63) is 40.1 Å². The first-order valence-electron chi connectivity index (χ1n) is 7.04. The van der Waals surface area contributed by atoms with Gasteiger partial charge in [-0.2, -0.15) is 0 Å². The predicted molar refractivity (Wildman–Crippen MR) is 90.6 cm³/mol. The zero-order valence-electron chi connectivity index (χ0n) is 13.3. The number of urea groups is 1. The number of aryl methyl sites for hydroxylation is 1. The largest absolute Gasteiger partial charge is 0.493 e. The van der Waals surface area contributed by atoms with E-state index in [9.17, 15) is 9.90 Å². The fourth-order valence-corrected chi connectivity index (χ4v) is 3.07. The maximum atomic E-state index is 12.0. The van der Waals surface area contributed by atoms with Crippen molar-refractivity contribution in [2.24, 2.45) is 0 Å². The van der Waals surface area contributed by atoms with Crippen LogP contribution in [-0.2, 0) is 0 Å². The summed E-state index contributed by atoms with van der Waals surface area (Å²) in [4.78, 5) is 12.9. The first-order valence-corrected chi connectivity index (χ1v) is 7.92. The number of benzene rings is 1. The van der Waals surface area contributed by atoms with Crippen molar-refractivity contribution in [1.29, 1.82) is 0 Å². The molecular weight excluding hydrogens is 316 g/mol. The Morgan fingerprint density at radius 2 is 2.09 bits per heavy atom. The molecule has 0 spiro atoms. The Morgan fingerprint density at radius 1 is 1.30 bits per heavy atom. The molecule has 0 aliphatic heterocycles. The number of aliphatic hydroxyl groups excluding tert-OH is 1. The maximum Gasteiger partial charge on any atom is 0.319 e. The number of carbonyl (C=O) groups excluding carboxylic acids is 1. The summed E-state index contributed by atoms with van der Waals surface area (Å²) in [5.41, 5.74) is 1.50. The Labute approximate surface area is 139 Å². The van der Waals surface area contributed by atoms with E-state index in [1.807, 2.05) is 18.4 Å². The van der Waals surface area contributed by atoms with Gasteiger partial charge < -0.3 is 25.2 Å². The van der Waals surface area contributed by atoms with Gasteiger partial charge in [0.25, 0.3) is 0 Å². The van der Waals surface area contributed by atoms with Gasteiger partial charge in [0.2, 0.25) is 0 Å². The molecule has 1 aromatic heterocycles. The van der Waals surface area contributed by atoms with Crippen molar-refractivity contribution in [2.45, 2.75) is 13.0 Å². The standard InChI is InChI=1S/C16H20N2O4S/c1-10-7-8-23-15(10)12(19)9-17-16(20)18-11-5-4-6-13(21-2)14(11)22-3/h4-8,12,19H,9H2,1-3H3,(H2,17,18,20). The van der Waals surface area contributed by atoms with Gasteiger partial charge in [0, 0.05) is 4.88 Å². The third kappa shape index (κ3) is 4.14. The number of hydrogen-bond acceptors (Lipinski definition) is 5. The molecule has 2 amide bonds. The lowest BCUT2D eigenvalue weighted by atomic mass is 10.2. The fraction of sp³-hybridized carbons (Fsp3) is 0.312. The lowest BCUT2D eigenvalue weighted by Gasteiger charge is -2.15. The average Bonchev–Trinajstić information content (AvgIpc) is 2.98. The lowest BCUT2D eigenvalue weighted by Crippen LogP contribution is -2.32. The summed E-state index contributed by atoms with van der Waals surface area (Å²) in [6.45, 7) is 2.05. The van der Waals surface area contributed by atoms with Crippen LogP contribution in [0.15, 0.2) is 29.6 Å². The first-order chi connectivity index (χ1) is 11.1. The Balaban J connectivity index is 1.96. The van der Waals surface area contributed by atoms with Crippen LogP contribution in [0, 0.1) is 6.92 Å². The number of thiophene rings is 1. The van der Waals surface area contributed by atoms with Crippen LogP contribution in [-0.4, -0.2) is 31.9 Å². The van der Waals surface area contributed by atoms with E-state index in [0.29, 0.717) is 17.2 Å². The van der Waals surface area contributed by atoms with Crippen molar-refractivity contribution in [3.63, 3.8) is 0 Å². The van der Waals surface area contributed by atoms with Gasteiger partial charge in [-0.3, -0.25) is 0 Å². The molecule has 0 saturated heterocycles. The van der Waals surface area contributed by atoms with Gasteiger partial charge in [0.1, 0.15) is 6.10 Å². The number of para-hydroxylation sites is 1. The summed E-state index contributed by atoms with van der Waals surface area (Å²) in [7, 11) is 3.03. The zero-order valence-corrected chi connectivity index (χ0v) is 14.1. The van der Waals surface area contributed by atoms with Crippen LogP contribution < -0.4 is 20.1 Å². The summed E-state index contributed by atoms with van der Waals surface area (Å²) < 4.78 is 10.4. The molecule has 0 fully saturated rings. The van der Waals surface area contributed by atoms with E-state index in [0.717, 1.165) is 10.4 Å². The minimum atomic E-state index is -0.729. The number of nitrogens with one attached hydrogen (secondary N) is 2. The fourth-order valence-electron chi connectivity index (χ4n) is 2.16. The van der Waals surface area contributed by atoms with Gasteiger partial charge in [0.15, 0.2) is 11.5 Å². The summed E-state index contributed by atoms with van der Waals surface area (Å²) in [6, 6.07) is 6.71. The normalized spacial score (nSPS) is 11.7. The highest BCUT2D eigenvalue weighted by Gasteiger charge is 2.15. The quantitative estimate of drug-likeness (QED) is 0.758. The molecule has 1 atom stereocenters. The summed E-state index contributed by atoms with van der Waals surface area (Å²) in [6.07, 6.45) is -0.729. The minimum absolute atomic E-state index is 0.124. The Bertz CT molecular complexity index is 672. The van der Waals surface area contributed by atoms with E-state index in [1.54, 1.807) is 18.2 Å². The smallest absolute Gasteiger partial charge is 0.319 e. The number of amides is 2. The van der Waals surface area contributed by atoms with E-state index in [1.165, 1.54) is 25.6 Å². The number of ether oxygens (including phenoxy) is 2. The van der Waals surface area contributed by atoms with Crippen LogP contribution in [0.5, 0.6) is 11.5 Å². The second kappa shape index (κ2) is 7.85. The van der Waals surface area contributed by atoms with Gasteiger partial charge in [-0.1, -0.05) is 6.07 Å². The molecule has 124 valence electrons. The Morgan fingerprint density at radius 3 is 2.70 bits per heavy atom. The molecule has 1 unspecified atom stereocenters. The number of carbonyl (C=O) groups is 1. The van der Waals surface area contributed by atoms with Crippen LogP contribution in [0.1, 0.15) is 16.5 Å². The highest BCUT2D eigenvalue weighted by atomic mass is 32.1. The summed E-state index contributed by atoms with van der Waals surface area (Å²) >= 11 is 1.47. The topological polar surface area (TPSA) is 79.8 Å². The van der Waals surface area contributed by atoms with Crippen LogP contribution in [0.4, 0.5) is 10.5 Å². The van der Waals surface area contributed by atoms with E-state index in [2.05, 4.69) is 10.6 Å². The van der Waals surface area contributed by atoms with Crippen LogP contribution >= 0.6 is 11.3 Å². The van der Waals surface area contributed by atoms with Crippen LogP contribution in [0.2, 0.25) is 0 Å². The molecule has 1 aromatic carbocycles. The second-order valence-corrected chi connectivity index (χ2v) is 5.81. The van der Waals surface area contributed by atoms with Crippen molar-refractivity contribution in [1.82, 2.24) is 5.32 Å². The van der Waals surface area contributed by atoms with Gasteiger partial charge in [0.05, 0.1) is 26.5 Å². The highest BCUT2D eigenvalue weighted by Crippen LogP contribution is 2.34. The van der Waals surface area contributed by atoms with Crippen LogP contribution in [0.3, 0.4) is 0 Å². The summed E-state index contributed by atoms with van der Waals surface area (Å²) in [5.74, 6) is 0.972. The van der Waals surface area contributed by atoms with Crippen molar-refractivity contribution in [2.75, 3.05) is 26.1 Å². The molecule has 2 aromatic rings. The SMILES string of the molecule is COc1cccc(NC(=O)NCC(O)c2sccc2C)c1OC. The van der Waals surface area contributed by atoms with E-state index in [-0.39, 0.29) is 6.54 Å². The first kappa shape index (κ1) is 17.1. The van der Waals surface area contributed by atoms with Gasteiger partial charge in [-0.05, 0) is 36.1 Å². The number of rotatable bonds is 6. The molecule has 0 aliphatic rings. The second-order valence-electron chi connectivity index (χ2n) is 4.86. The molecular formula is C16H20N2O4S. The molecule has 0 radical (unpaired) electrons. The monoisotopic (exact) mass is 336 g/mol. The van der Waals surface area contributed by atoms with Crippen molar-refractivity contribution < 1.29 is 19.4 Å². The third-order valence-electron chi connectivity index (χ3n) is 3.31. The Kier molecular flexibility index (Phi) is 5.84. The van der Waals surface area contributed by atoms with Gasteiger partial charge in [-0.25, -0.2) is 4.79 Å². The number of methoxy groups -OCH3 is 2. The van der Waals surface area contributed by atoms with Gasteiger partial charge in [-0.15, -0.1) is 11.3 Å². The predicted octanol–water partition coefficient (Wildman–Crippen LogP) is 2.93. The molecule has 1 heterocycles. The van der Waals surface area contributed by atoms with E-state index >= 15 is 0 Å². The number of hydrogen-bond donors (Lipinski definition) is 3. The lowest BCUT2D eigenvalue weighted by molar-refractivity contribution is 0.178.